The van der Waals surface area contributed by atoms with Crippen LogP contribution >= 0.6 is 0 Å². The molecule has 17 heavy (non-hydrogen) atoms. The van der Waals surface area contributed by atoms with E-state index in [1.165, 1.54) is 10.9 Å². The molecule has 1 aromatic rings. The van der Waals surface area contributed by atoms with E-state index >= 15 is 0 Å². The molecule has 98 valence electrons. The van der Waals surface area contributed by atoms with E-state index in [2.05, 4.69) is 5.10 Å². The lowest BCUT2D eigenvalue weighted by Gasteiger charge is -2.07. The summed E-state index contributed by atoms with van der Waals surface area (Å²) in [7, 11) is 0. The zero-order valence-electron chi connectivity index (χ0n) is 10.1. The van der Waals surface area contributed by atoms with Crippen molar-refractivity contribution in [1.82, 2.24) is 9.78 Å². The van der Waals surface area contributed by atoms with Crippen molar-refractivity contribution in [3.63, 3.8) is 0 Å². The third-order valence-corrected chi connectivity index (χ3v) is 2.49. The van der Waals surface area contributed by atoms with E-state index in [-0.39, 0.29) is 30.6 Å². The van der Waals surface area contributed by atoms with Crippen LogP contribution in [0.2, 0.25) is 0 Å². The van der Waals surface area contributed by atoms with Crippen LogP contribution in [0.4, 0.5) is 13.2 Å². The zero-order chi connectivity index (χ0) is 13.2. The molecule has 0 radical (unpaired) electrons. The Morgan fingerprint density at radius 1 is 1.35 bits per heavy atom. The number of halogens is 3. The average molecular weight is 250 g/mol. The Bertz CT molecular complexity index is 371. The number of aliphatic hydroxyl groups excluding tert-OH is 1. The highest BCUT2D eigenvalue weighted by molar-refractivity contribution is 5.23. The Hall–Kier alpha value is -1.04. The molecule has 0 fully saturated rings. The fourth-order valence-electron chi connectivity index (χ4n) is 1.55. The van der Waals surface area contributed by atoms with E-state index in [1.807, 2.05) is 0 Å². The van der Waals surface area contributed by atoms with Crippen molar-refractivity contribution in [2.45, 2.75) is 39.4 Å². The van der Waals surface area contributed by atoms with Crippen LogP contribution in [-0.2, 0) is 12.7 Å². The Morgan fingerprint density at radius 3 is 2.29 bits per heavy atom. The largest absolute Gasteiger partial charge is 0.435 e. The topological polar surface area (TPSA) is 38.0 Å². The fourth-order valence-corrected chi connectivity index (χ4v) is 1.55. The summed E-state index contributed by atoms with van der Waals surface area (Å²) < 4.78 is 39.4. The minimum atomic E-state index is -4.42. The number of aromatic nitrogens is 2. The molecule has 0 saturated heterocycles. The fraction of sp³-hybridized carbons (Fsp3) is 0.727. The highest BCUT2D eigenvalue weighted by Crippen LogP contribution is 2.34. The van der Waals surface area contributed by atoms with Crippen molar-refractivity contribution in [2.75, 3.05) is 6.61 Å². The van der Waals surface area contributed by atoms with Crippen LogP contribution in [0.25, 0.3) is 0 Å². The third-order valence-electron chi connectivity index (χ3n) is 2.49. The van der Waals surface area contributed by atoms with Gasteiger partial charge in [0.25, 0.3) is 0 Å². The van der Waals surface area contributed by atoms with Crippen molar-refractivity contribution < 1.29 is 18.3 Å². The maximum Gasteiger partial charge on any atom is 0.435 e. The molecule has 0 bridgehead atoms. The SMILES string of the molecule is CC(CO)Cn1cc(C(C)C)c(C(F)(F)F)n1. The van der Waals surface area contributed by atoms with Gasteiger partial charge in [-0.2, -0.15) is 18.3 Å². The van der Waals surface area contributed by atoms with Gasteiger partial charge >= 0.3 is 6.18 Å². The summed E-state index contributed by atoms with van der Waals surface area (Å²) in [4.78, 5) is 0. The summed E-state index contributed by atoms with van der Waals surface area (Å²) in [6, 6.07) is 0. The van der Waals surface area contributed by atoms with E-state index in [0.717, 1.165) is 0 Å². The van der Waals surface area contributed by atoms with Gasteiger partial charge < -0.3 is 5.11 Å². The summed E-state index contributed by atoms with van der Waals surface area (Å²) in [5.74, 6) is -0.346. The first kappa shape index (κ1) is 14.0. The van der Waals surface area contributed by atoms with Gasteiger partial charge in [-0.3, -0.25) is 4.68 Å². The second kappa shape index (κ2) is 5.08. The number of alkyl halides is 3. The van der Waals surface area contributed by atoms with Crippen LogP contribution in [-0.4, -0.2) is 21.5 Å². The Kier molecular flexibility index (Phi) is 4.19. The molecular formula is C11H17F3N2O. The van der Waals surface area contributed by atoms with Crippen molar-refractivity contribution in [2.24, 2.45) is 5.92 Å². The molecule has 0 aliphatic carbocycles. The number of hydrogen-bond donors (Lipinski definition) is 1. The molecule has 0 amide bonds. The summed E-state index contributed by atoms with van der Waals surface area (Å²) in [5, 5.41) is 12.4. The summed E-state index contributed by atoms with van der Waals surface area (Å²) in [5.41, 5.74) is -0.625. The minimum Gasteiger partial charge on any atom is -0.396 e. The standard InChI is InChI=1S/C11H17F3N2O/c1-7(2)9-5-16(4-8(3)6-17)15-10(9)11(12,13)14/h5,7-8,17H,4,6H2,1-3H3. The molecule has 1 rings (SSSR count). The third kappa shape index (κ3) is 3.46. The predicted molar refractivity (Wildman–Crippen MR) is 57.6 cm³/mol. The van der Waals surface area contributed by atoms with Gasteiger partial charge in [0.1, 0.15) is 0 Å². The molecule has 1 unspecified atom stereocenters. The molecule has 6 heteroatoms. The van der Waals surface area contributed by atoms with Gasteiger partial charge in [0, 0.05) is 24.9 Å². The first-order chi connectivity index (χ1) is 7.75. The zero-order valence-corrected chi connectivity index (χ0v) is 10.1. The maximum absolute atomic E-state index is 12.7. The molecule has 0 aromatic carbocycles. The molecule has 3 nitrogen and oxygen atoms in total. The van der Waals surface area contributed by atoms with E-state index in [4.69, 9.17) is 5.11 Å². The molecule has 0 aliphatic heterocycles. The molecule has 1 aromatic heterocycles. The predicted octanol–water partition coefficient (Wildman–Crippen LogP) is 2.65. The van der Waals surface area contributed by atoms with Gasteiger partial charge in [-0.05, 0) is 11.8 Å². The molecule has 0 aliphatic rings. The first-order valence-electron chi connectivity index (χ1n) is 5.51. The molecule has 0 spiro atoms. The first-order valence-corrected chi connectivity index (χ1v) is 5.51. The van der Waals surface area contributed by atoms with Crippen LogP contribution in [0.5, 0.6) is 0 Å². The van der Waals surface area contributed by atoms with Crippen molar-refractivity contribution >= 4 is 0 Å². The second-order valence-electron chi connectivity index (χ2n) is 4.60. The summed E-state index contributed by atoms with van der Waals surface area (Å²) in [6.07, 6.45) is -3.01. The average Bonchev–Trinajstić information content (AvgIpc) is 2.61. The number of nitrogens with zero attached hydrogens (tertiary/aromatic N) is 2. The van der Waals surface area contributed by atoms with Crippen LogP contribution < -0.4 is 0 Å². The van der Waals surface area contributed by atoms with Crippen molar-refractivity contribution in [3.05, 3.63) is 17.5 Å². The number of hydrogen-bond acceptors (Lipinski definition) is 2. The van der Waals surface area contributed by atoms with Gasteiger partial charge in [-0.1, -0.05) is 20.8 Å². The van der Waals surface area contributed by atoms with Crippen LogP contribution in [0.15, 0.2) is 6.20 Å². The quantitative estimate of drug-likeness (QED) is 0.892. The molecule has 1 atom stereocenters. The Labute approximate surface area is 98.2 Å². The lowest BCUT2D eigenvalue weighted by atomic mass is 10.0. The molecule has 0 saturated carbocycles. The highest BCUT2D eigenvalue weighted by Gasteiger charge is 2.37. The van der Waals surface area contributed by atoms with E-state index < -0.39 is 11.9 Å². The highest BCUT2D eigenvalue weighted by atomic mass is 19.4. The second-order valence-corrected chi connectivity index (χ2v) is 4.60. The number of aliphatic hydroxyl groups is 1. The summed E-state index contributed by atoms with van der Waals surface area (Å²) in [6.45, 7) is 5.37. The molecular weight excluding hydrogens is 233 g/mol. The van der Waals surface area contributed by atoms with Crippen molar-refractivity contribution in [1.29, 1.82) is 0 Å². The Morgan fingerprint density at radius 2 is 1.94 bits per heavy atom. The smallest absolute Gasteiger partial charge is 0.396 e. The molecule has 1 heterocycles. The lowest BCUT2D eigenvalue weighted by molar-refractivity contribution is -0.142. The van der Waals surface area contributed by atoms with Gasteiger partial charge in [-0.25, -0.2) is 0 Å². The van der Waals surface area contributed by atoms with Gasteiger partial charge in [0.05, 0.1) is 0 Å². The van der Waals surface area contributed by atoms with Crippen molar-refractivity contribution in [3.8, 4) is 0 Å². The van der Waals surface area contributed by atoms with E-state index in [1.54, 1.807) is 20.8 Å². The normalized spacial score (nSPS) is 14.4. The monoisotopic (exact) mass is 250 g/mol. The lowest BCUT2D eigenvalue weighted by Crippen LogP contribution is -2.14. The van der Waals surface area contributed by atoms with Gasteiger partial charge in [-0.15, -0.1) is 0 Å². The molecule has 1 N–H and O–H groups in total. The summed E-state index contributed by atoms with van der Waals surface area (Å²) >= 11 is 0. The van der Waals surface area contributed by atoms with Gasteiger partial charge in [0.15, 0.2) is 5.69 Å². The number of rotatable bonds is 4. The van der Waals surface area contributed by atoms with E-state index in [9.17, 15) is 13.2 Å². The maximum atomic E-state index is 12.7. The van der Waals surface area contributed by atoms with Crippen LogP contribution in [0.3, 0.4) is 0 Å². The van der Waals surface area contributed by atoms with Crippen LogP contribution in [0, 0.1) is 5.92 Å². The minimum absolute atomic E-state index is 0.0712. The Balaban J connectivity index is 3.04. The van der Waals surface area contributed by atoms with Gasteiger partial charge in [0.2, 0.25) is 0 Å². The van der Waals surface area contributed by atoms with E-state index in [0.29, 0.717) is 0 Å². The van der Waals surface area contributed by atoms with Crippen LogP contribution in [0.1, 0.15) is 37.9 Å².